The summed E-state index contributed by atoms with van der Waals surface area (Å²) < 4.78 is 0. The Balaban J connectivity index is 1.84. The number of rotatable bonds is 6. The van der Waals surface area contributed by atoms with E-state index in [-0.39, 0.29) is 0 Å². The van der Waals surface area contributed by atoms with Gasteiger partial charge in [-0.25, -0.2) is 0 Å². The van der Waals surface area contributed by atoms with E-state index < -0.39 is 0 Å². The molecule has 0 aromatic heterocycles. The van der Waals surface area contributed by atoms with Crippen molar-refractivity contribution in [3.63, 3.8) is 0 Å². The smallest absolute Gasteiger partial charge is 0.0456 e. The molecule has 1 aliphatic rings. The van der Waals surface area contributed by atoms with Gasteiger partial charge in [-0.15, -0.1) is 0 Å². The lowest BCUT2D eigenvalue weighted by atomic mass is 10.1. The number of hydrogen-bond acceptors (Lipinski definition) is 1. The summed E-state index contributed by atoms with van der Waals surface area (Å²) in [5.41, 5.74) is 2.35. The van der Waals surface area contributed by atoms with Gasteiger partial charge in [-0.2, -0.15) is 0 Å². The summed E-state index contributed by atoms with van der Waals surface area (Å²) in [6.07, 6.45) is 6.87. The fraction of sp³-hybridized carbons (Fsp3) is 0.467. The van der Waals surface area contributed by atoms with E-state index >= 15 is 0 Å². The van der Waals surface area contributed by atoms with Gasteiger partial charge in [-0.1, -0.05) is 40.9 Å². The van der Waals surface area contributed by atoms with Gasteiger partial charge in [0.2, 0.25) is 0 Å². The lowest BCUT2D eigenvalue weighted by Crippen LogP contribution is -2.16. The molecule has 0 atom stereocenters. The normalized spacial score (nSPS) is 16.1. The van der Waals surface area contributed by atoms with Crippen molar-refractivity contribution < 1.29 is 0 Å². The predicted octanol–water partition coefficient (Wildman–Crippen LogP) is 4.62. The van der Waals surface area contributed by atoms with Crippen LogP contribution in [0.1, 0.15) is 31.7 Å². The maximum absolute atomic E-state index is 6.16. The first-order chi connectivity index (χ1) is 8.66. The van der Waals surface area contributed by atoms with Crippen LogP contribution in [0.25, 0.3) is 0 Å². The molecule has 3 heteroatoms. The number of allylic oxidation sites excluding steroid dienone is 1. The third-order valence-corrected chi connectivity index (χ3v) is 3.87. The van der Waals surface area contributed by atoms with Crippen LogP contribution in [-0.2, 0) is 6.42 Å². The molecule has 98 valence electrons. The summed E-state index contributed by atoms with van der Waals surface area (Å²) in [5, 5.41) is 5.01. The summed E-state index contributed by atoms with van der Waals surface area (Å²) in [6, 6.07) is 6.46. The van der Waals surface area contributed by atoms with Crippen LogP contribution >= 0.6 is 23.2 Å². The molecule has 0 spiro atoms. The van der Waals surface area contributed by atoms with Crippen molar-refractivity contribution in [2.45, 2.75) is 38.6 Å². The zero-order valence-corrected chi connectivity index (χ0v) is 12.2. The van der Waals surface area contributed by atoms with Gasteiger partial charge in [0.1, 0.15) is 0 Å². The molecular weight excluding hydrogens is 265 g/mol. The van der Waals surface area contributed by atoms with E-state index in [1.807, 2.05) is 18.2 Å². The molecule has 0 bridgehead atoms. The minimum absolute atomic E-state index is 0.756. The first kappa shape index (κ1) is 13.9. The van der Waals surface area contributed by atoms with E-state index in [1.54, 1.807) is 0 Å². The first-order valence-corrected chi connectivity index (χ1v) is 7.24. The molecule has 18 heavy (non-hydrogen) atoms. The molecular formula is C15H19Cl2N. The molecule has 0 unspecified atom stereocenters. The summed E-state index contributed by atoms with van der Waals surface area (Å²) in [4.78, 5) is 0. The van der Waals surface area contributed by atoms with E-state index in [0.717, 1.165) is 41.0 Å². The molecule has 1 saturated carbocycles. The van der Waals surface area contributed by atoms with E-state index in [2.05, 4.69) is 18.3 Å². The van der Waals surface area contributed by atoms with Crippen molar-refractivity contribution in [2.75, 3.05) is 6.54 Å². The van der Waals surface area contributed by atoms with Gasteiger partial charge in [-0.3, -0.25) is 0 Å². The molecule has 1 nitrogen and oxygen atoms in total. The van der Waals surface area contributed by atoms with Gasteiger partial charge >= 0.3 is 0 Å². The molecule has 1 aliphatic carbocycles. The van der Waals surface area contributed by atoms with E-state index in [0.29, 0.717) is 0 Å². The Hall–Kier alpha value is -0.500. The van der Waals surface area contributed by atoms with Crippen LogP contribution in [0.5, 0.6) is 0 Å². The molecule has 2 rings (SSSR count). The number of hydrogen-bond donors (Lipinski definition) is 1. The Morgan fingerprint density at radius 2 is 2.00 bits per heavy atom. The minimum Gasteiger partial charge on any atom is -0.314 e. The van der Waals surface area contributed by atoms with Gasteiger partial charge in [0.05, 0.1) is 0 Å². The molecule has 0 saturated heterocycles. The summed E-state index contributed by atoms with van der Waals surface area (Å²) in [6.45, 7) is 3.20. The third kappa shape index (κ3) is 4.31. The molecule has 0 heterocycles. The van der Waals surface area contributed by atoms with Crippen LogP contribution in [0.15, 0.2) is 29.8 Å². The second kappa shape index (κ2) is 6.60. The van der Waals surface area contributed by atoms with E-state index in [4.69, 9.17) is 23.2 Å². The number of nitrogens with one attached hydrogen (secondary N) is 1. The lowest BCUT2D eigenvalue weighted by Gasteiger charge is -2.07. The highest BCUT2D eigenvalue weighted by atomic mass is 35.5. The van der Waals surface area contributed by atoms with Gasteiger partial charge in [0.25, 0.3) is 0 Å². The number of halogens is 2. The van der Waals surface area contributed by atoms with Gasteiger partial charge in [0.15, 0.2) is 0 Å². The van der Waals surface area contributed by atoms with Crippen LogP contribution in [0.2, 0.25) is 10.0 Å². The second-order valence-corrected chi connectivity index (χ2v) is 5.76. The van der Waals surface area contributed by atoms with Crippen LogP contribution in [0.4, 0.5) is 0 Å². The largest absolute Gasteiger partial charge is 0.314 e. The molecule has 1 fully saturated rings. The second-order valence-electron chi connectivity index (χ2n) is 4.94. The maximum atomic E-state index is 6.16. The standard InChI is InChI=1S/C15H19Cl2N/c1-11(4-3-9-18-12-7-8-12)10-13-14(16)5-2-6-15(13)17/h2,4-6,12,18H,3,7-10H2,1H3. The topological polar surface area (TPSA) is 12.0 Å². The Bertz CT molecular complexity index is 416. The maximum Gasteiger partial charge on any atom is 0.0456 e. The Morgan fingerprint density at radius 3 is 2.61 bits per heavy atom. The zero-order chi connectivity index (χ0) is 13.0. The summed E-state index contributed by atoms with van der Waals surface area (Å²) in [7, 11) is 0. The summed E-state index contributed by atoms with van der Waals surface area (Å²) in [5.74, 6) is 0. The highest BCUT2D eigenvalue weighted by molar-refractivity contribution is 6.36. The molecule has 1 aromatic carbocycles. The van der Waals surface area contributed by atoms with Gasteiger partial charge in [0, 0.05) is 16.1 Å². The SMILES string of the molecule is CC(=CCCNC1CC1)Cc1c(Cl)cccc1Cl. The average Bonchev–Trinajstić information content (AvgIpc) is 3.14. The Morgan fingerprint density at radius 1 is 1.33 bits per heavy atom. The molecule has 0 aliphatic heterocycles. The van der Waals surface area contributed by atoms with E-state index in [9.17, 15) is 0 Å². The van der Waals surface area contributed by atoms with Crippen LogP contribution in [0.3, 0.4) is 0 Å². The monoisotopic (exact) mass is 283 g/mol. The Kier molecular flexibility index (Phi) is 5.11. The minimum atomic E-state index is 0.756. The van der Waals surface area contributed by atoms with Gasteiger partial charge in [-0.05, 0) is 56.8 Å². The van der Waals surface area contributed by atoms with Crippen molar-refractivity contribution in [1.29, 1.82) is 0 Å². The highest BCUT2D eigenvalue weighted by Crippen LogP contribution is 2.26. The van der Waals surface area contributed by atoms with Crippen molar-refractivity contribution >= 4 is 23.2 Å². The fourth-order valence-corrected chi connectivity index (χ4v) is 2.48. The van der Waals surface area contributed by atoms with Crippen LogP contribution in [0, 0.1) is 0 Å². The van der Waals surface area contributed by atoms with Crippen molar-refractivity contribution in [2.24, 2.45) is 0 Å². The average molecular weight is 284 g/mol. The molecule has 0 amide bonds. The molecule has 1 aromatic rings. The quantitative estimate of drug-likeness (QED) is 0.593. The molecule has 0 radical (unpaired) electrons. The fourth-order valence-electron chi connectivity index (χ4n) is 1.95. The summed E-state index contributed by atoms with van der Waals surface area (Å²) >= 11 is 12.3. The predicted molar refractivity (Wildman–Crippen MR) is 79.6 cm³/mol. The van der Waals surface area contributed by atoms with Gasteiger partial charge < -0.3 is 5.32 Å². The van der Waals surface area contributed by atoms with E-state index in [1.165, 1.54) is 18.4 Å². The lowest BCUT2D eigenvalue weighted by molar-refractivity contribution is 0.688. The highest BCUT2D eigenvalue weighted by Gasteiger charge is 2.19. The zero-order valence-electron chi connectivity index (χ0n) is 10.7. The van der Waals surface area contributed by atoms with Crippen molar-refractivity contribution in [3.8, 4) is 0 Å². The third-order valence-electron chi connectivity index (χ3n) is 3.16. The first-order valence-electron chi connectivity index (χ1n) is 6.48. The van der Waals surface area contributed by atoms with Crippen LogP contribution in [-0.4, -0.2) is 12.6 Å². The van der Waals surface area contributed by atoms with Crippen LogP contribution < -0.4 is 5.32 Å². The molecule has 1 N–H and O–H groups in total. The van der Waals surface area contributed by atoms with Crippen molar-refractivity contribution in [3.05, 3.63) is 45.5 Å². The number of benzene rings is 1. The Labute approximate surface area is 119 Å². The van der Waals surface area contributed by atoms with Crippen molar-refractivity contribution in [1.82, 2.24) is 5.32 Å².